The van der Waals surface area contributed by atoms with Gasteiger partial charge in [0.15, 0.2) is 0 Å². The van der Waals surface area contributed by atoms with Gasteiger partial charge in [0.1, 0.15) is 0 Å². The van der Waals surface area contributed by atoms with E-state index >= 15 is 0 Å². The van der Waals surface area contributed by atoms with Crippen LogP contribution in [-0.2, 0) is 11.3 Å². The van der Waals surface area contributed by atoms with Crippen LogP contribution < -0.4 is 5.32 Å². The second-order valence-electron chi connectivity index (χ2n) is 7.16. The lowest BCUT2D eigenvalue weighted by Gasteiger charge is -2.44. The quantitative estimate of drug-likeness (QED) is 0.915. The van der Waals surface area contributed by atoms with Crippen LogP contribution in [0.3, 0.4) is 0 Å². The number of nitrogens with one attached hydrogen (secondary N) is 1. The van der Waals surface area contributed by atoms with Crippen molar-refractivity contribution in [2.75, 3.05) is 39.8 Å². The molecule has 126 valence electrons. The van der Waals surface area contributed by atoms with E-state index in [-0.39, 0.29) is 5.91 Å². The molecule has 0 unspecified atom stereocenters. The number of rotatable bonds is 4. The van der Waals surface area contributed by atoms with E-state index in [2.05, 4.69) is 20.1 Å². The van der Waals surface area contributed by atoms with Crippen molar-refractivity contribution in [3.8, 4) is 0 Å². The Bertz CT molecular complexity index is 503. The minimum Gasteiger partial charge on any atom is -0.342 e. The fraction of sp³-hybridized carbons (Fsp3) is 0.667. The molecule has 0 aliphatic carbocycles. The Balaban J connectivity index is 1.45. The molecule has 1 aromatic heterocycles. The summed E-state index contributed by atoms with van der Waals surface area (Å²) in [7, 11) is 2.01. The topological polar surface area (TPSA) is 48.5 Å². The summed E-state index contributed by atoms with van der Waals surface area (Å²) in [5.41, 5.74) is 1.70. The monoisotopic (exact) mass is 316 g/mol. The smallest absolute Gasteiger partial charge is 0.236 e. The van der Waals surface area contributed by atoms with Gasteiger partial charge in [0, 0.05) is 32.0 Å². The van der Waals surface area contributed by atoms with Crippen LogP contribution in [0.2, 0.25) is 0 Å². The number of amides is 1. The molecule has 1 N–H and O–H groups in total. The zero-order chi connectivity index (χ0) is 16.1. The number of carbonyl (C=O) groups excluding carboxylic acids is 1. The van der Waals surface area contributed by atoms with Crippen LogP contribution in [-0.4, -0.2) is 60.5 Å². The largest absolute Gasteiger partial charge is 0.342 e. The number of aromatic nitrogens is 1. The van der Waals surface area contributed by atoms with Crippen LogP contribution >= 0.6 is 0 Å². The van der Waals surface area contributed by atoms with Gasteiger partial charge in [0.25, 0.3) is 0 Å². The van der Waals surface area contributed by atoms with Crippen molar-refractivity contribution in [3.05, 3.63) is 30.1 Å². The molecule has 0 saturated carbocycles. The molecule has 0 atom stereocenters. The van der Waals surface area contributed by atoms with Crippen LogP contribution in [0.25, 0.3) is 0 Å². The first kappa shape index (κ1) is 16.4. The van der Waals surface area contributed by atoms with Crippen molar-refractivity contribution in [1.82, 2.24) is 20.1 Å². The highest BCUT2D eigenvalue weighted by Gasteiger charge is 2.36. The van der Waals surface area contributed by atoms with Gasteiger partial charge in [-0.25, -0.2) is 0 Å². The van der Waals surface area contributed by atoms with E-state index in [0.717, 1.165) is 32.7 Å². The third-order valence-corrected chi connectivity index (χ3v) is 5.45. The van der Waals surface area contributed by atoms with Crippen molar-refractivity contribution in [2.45, 2.75) is 32.2 Å². The first-order chi connectivity index (χ1) is 11.2. The van der Waals surface area contributed by atoms with Crippen molar-refractivity contribution in [1.29, 1.82) is 0 Å². The van der Waals surface area contributed by atoms with Gasteiger partial charge < -0.3 is 10.2 Å². The minimum atomic E-state index is 0.269. The molecular weight excluding hydrogens is 288 g/mol. The van der Waals surface area contributed by atoms with Crippen molar-refractivity contribution in [2.24, 2.45) is 5.41 Å². The SMILES string of the molecule is CN(CC(=O)N1CCC2(CCNCC2)CC1)Cc1ccncc1. The maximum atomic E-state index is 12.5. The molecule has 1 amide bonds. The van der Waals surface area contributed by atoms with E-state index in [4.69, 9.17) is 0 Å². The number of hydrogen-bond acceptors (Lipinski definition) is 4. The Morgan fingerprint density at radius 1 is 1.22 bits per heavy atom. The van der Waals surface area contributed by atoms with E-state index < -0.39 is 0 Å². The number of carbonyl (C=O) groups is 1. The fourth-order valence-electron chi connectivity index (χ4n) is 3.87. The van der Waals surface area contributed by atoms with Crippen LogP contribution in [0.1, 0.15) is 31.2 Å². The van der Waals surface area contributed by atoms with Gasteiger partial charge in [-0.3, -0.25) is 14.7 Å². The number of nitrogens with zero attached hydrogens (tertiary/aromatic N) is 3. The second-order valence-corrected chi connectivity index (χ2v) is 7.16. The van der Waals surface area contributed by atoms with Crippen LogP contribution in [0.5, 0.6) is 0 Å². The van der Waals surface area contributed by atoms with E-state index in [1.807, 2.05) is 19.2 Å². The number of hydrogen-bond donors (Lipinski definition) is 1. The number of pyridine rings is 1. The van der Waals surface area contributed by atoms with Gasteiger partial charge in [-0.05, 0) is 68.9 Å². The highest BCUT2D eigenvalue weighted by molar-refractivity contribution is 5.78. The number of likely N-dealkylation sites (N-methyl/N-ethyl adjacent to an activating group) is 1. The summed E-state index contributed by atoms with van der Waals surface area (Å²) in [5, 5.41) is 3.45. The van der Waals surface area contributed by atoms with E-state index in [1.54, 1.807) is 12.4 Å². The van der Waals surface area contributed by atoms with Crippen molar-refractivity contribution < 1.29 is 4.79 Å². The molecule has 0 aromatic carbocycles. The molecular formula is C18H28N4O. The summed E-state index contributed by atoms with van der Waals surface area (Å²) in [6.07, 6.45) is 8.50. The zero-order valence-corrected chi connectivity index (χ0v) is 14.1. The molecule has 2 saturated heterocycles. The van der Waals surface area contributed by atoms with Gasteiger partial charge in [-0.1, -0.05) is 0 Å². The Morgan fingerprint density at radius 3 is 2.52 bits per heavy atom. The molecule has 5 heteroatoms. The normalized spacial score (nSPS) is 20.9. The molecule has 2 fully saturated rings. The average molecular weight is 316 g/mol. The van der Waals surface area contributed by atoms with Crippen LogP contribution in [0, 0.1) is 5.41 Å². The summed E-state index contributed by atoms with van der Waals surface area (Å²) in [6, 6.07) is 4.01. The van der Waals surface area contributed by atoms with Crippen molar-refractivity contribution >= 4 is 5.91 Å². The Kier molecular flexibility index (Phi) is 5.28. The number of piperidine rings is 2. The molecule has 3 heterocycles. The lowest BCUT2D eigenvalue weighted by Crippen LogP contribution is -2.49. The Morgan fingerprint density at radius 2 is 1.87 bits per heavy atom. The summed E-state index contributed by atoms with van der Waals surface area (Å²) >= 11 is 0. The second kappa shape index (κ2) is 7.41. The Hall–Kier alpha value is -1.46. The van der Waals surface area contributed by atoms with E-state index in [0.29, 0.717) is 12.0 Å². The summed E-state index contributed by atoms with van der Waals surface area (Å²) < 4.78 is 0. The molecule has 23 heavy (non-hydrogen) atoms. The van der Waals surface area contributed by atoms with Crippen LogP contribution in [0.4, 0.5) is 0 Å². The summed E-state index contributed by atoms with van der Waals surface area (Å²) in [6.45, 7) is 5.43. The van der Waals surface area contributed by atoms with Gasteiger partial charge in [0.05, 0.1) is 6.54 Å². The molecule has 2 aliphatic heterocycles. The van der Waals surface area contributed by atoms with E-state index in [1.165, 1.54) is 31.2 Å². The third-order valence-electron chi connectivity index (χ3n) is 5.45. The maximum absolute atomic E-state index is 12.5. The highest BCUT2D eigenvalue weighted by atomic mass is 16.2. The lowest BCUT2D eigenvalue weighted by atomic mass is 9.71. The zero-order valence-electron chi connectivity index (χ0n) is 14.1. The van der Waals surface area contributed by atoms with E-state index in [9.17, 15) is 4.79 Å². The molecule has 1 spiro atoms. The summed E-state index contributed by atoms with van der Waals surface area (Å²) in [5.74, 6) is 0.269. The highest BCUT2D eigenvalue weighted by Crippen LogP contribution is 2.39. The minimum absolute atomic E-state index is 0.269. The first-order valence-corrected chi connectivity index (χ1v) is 8.73. The van der Waals surface area contributed by atoms with Gasteiger partial charge in [0.2, 0.25) is 5.91 Å². The Labute approximate surface area is 139 Å². The standard InChI is InChI=1S/C18H28N4O/c1-21(14-16-2-8-19-9-3-16)15-17(23)22-12-6-18(7-13-22)4-10-20-11-5-18/h2-3,8-9,20H,4-7,10-15H2,1H3. The molecule has 0 bridgehead atoms. The molecule has 5 nitrogen and oxygen atoms in total. The summed E-state index contributed by atoms with van der Waals surface area (Å²) in [4.78, 5) is 20.7. The fourth-order valence-corrected chi connectivity index (χ4v) is 3.87. The van der Waals surface area contributed by atoms with Gasteiger partial charge >= 0.3 is 0 Å². The molecule has 3 rings (SSSR count). The van der Waals surface area contributed by atoms with Crippen LogP contribution in [0.15, 0.2) is 24.5 Å². The number of likely N-dealkylation sites (tertiary alicyclic amines) is 1. The molecule has 2 aliphatic rings. The predicted octanol–water partition coefficient (Wildman–Crippen LogP) is 1.51. The average Bonchev–Trinajstić information content (AvgIpc) is 2.57. The van der Waals surface area contributed by atoms with Gasteiger partial charge in [-0.2, -0.15) is 0 Å². The first-order valence-electron chi connectivity index (χ1n) is 8.73. The molecule has 0 radical (unpaired) electrons. The maximum Gasteiger partial charge on any atom is 0.236 e. The predicted molar refractivity (Wildman–Crippen MR) is 90.9 cm³/mol. The lowest BCUT2D eigenvalue weighted by molar-refractivity contribution is -0.134. The third kappa shape index (κ3) is 4.30. The molecule has 1 aromatic rings. The van der Waals surface area contributed by atoms with Crippen molar-refractivity contribution in [3.63, 3.8) is 0 Å². The van der Waals surface area contributed by atoms with Gasteiger partial charge in [-0.15, -0.1) is 0 Å².